The van der Waals surface area contributed by atoms with Gasteiger partial charge in [0.05, 0.1) is 23.6 Å². The molecule has 2 aromatic rings. The van der Waals surface area contributed by atoms with Gasteiger partial charge in [-0.15, -0.1) is 0 Å². The standard InChI is InChI=1S/C21H29N5O6S/c1-13(2)31-21(27)26-19(32-17-10-11-22-12-23-17)9-7-16(30-4)20(26)25-15-6-8-18(24-14(15)3)33(5,28)29/h6,8,10-13,16,19-20,25H,7,9H2,1-5H3. The predicted molar refractivity (Wildman–Crippen MR) is 119 cm³/mol. The summed E-state index contributed by atoms with van der Waals surface area (Å²) >= 11 is 0. The van der Waals surface area contributed by atoms with Gasteiger partial charge in [0.15, 0.2) is 21.1 Å². The monoisotopic (exact) mass is 479 g/mol. The topological polar surface area (TPSA) is 133 Å². The van der Waals surface area contributed by atoms with Gasteiger partial charge in [-0.05, 0) is 39.3 Å². The van der Waals surface area contributed by atoms with Crippen LogP contribution in [0, 0.1) is 6.92 Å². The molecule has 3 rings (SSSR count). The molecule has 3 atom stereocenters. The minimum atomic E-state index is -3.45. The van der Waals surface area contributed by atoms with E-state index < -0.39 is 28.3 Å². The van der Waals surface area contributed by atoms with Crippen LogP contribution in [0.25, 0.3) is 0 Å². The molecule has 1 aliphatic rings. The van der Waals surface area contributed by atoms with Crippen LogP contribution in [0.1, 0.15) is 32.4 Å². The molecule has 0 aliphatic carbocycles. The molecule has 1 aliphatic heterocycles. The molecule has 180 valence electrons. The van der Waals surface area contributed by atoms with Crippen LogP contribution >= 0.6 is 0 Å². The number of nitrogens with zero attached hydrogens (tertiary/aromatic N) is 4. The van der Waals surface area contributed by atoms with Gasteiger partial charge in [0, 0.05) is 32.0 Å². The molecule has 11 nitrogen and oxygen atoms in total. The maximum absolute atomic E-state index is 13.1. The number of methoxy groups -OCH3 is 1. The molecule has 0 radical (unpaired) electrons. The summed E-state index contributed by atoms with van der Waals surface area (Å²) in [5, 5.41) is 3.25. The van der Waals surface area contributed by atoms with E-state index in [1.54, 1.807) is 46.2 Å². The van der Waals surface area contributed by atoms with Crippen LogP contribution in [-0.4, -0.2) is 72.3 Å². The van der Waals surface area contributed by atoms with E-state index in [1.807, 2.05) is 0 Å². The Labute approximate surface area is 193 Å². The molecule has 2 aromatic heterocycles. The smallest absolute Gasteiger partial charge is 0.414 e. The molecule has 0 spiro atoms. The van der Waals surface area contributed by atoms with Gasteiger partial charge < -0.3 is 19.5 Å². The first-order valence-corrected chi connectivity index (χ1v) is 12.4. The fraction of sp³-hybridized carbons (Fsp3) is 0.524. The first kappa shape index (κ1) is 24.6. The number of aromatic nitrogens is 3. The minimum Gasteiger partial charge on any atom is -0.453 e. The lowest BCUT2D eigenvalue weighted by Gasteiger charge is -2.45. The number of hydrogen-bond acceptors (Lipinski definition) is 10. The van der Waals surface area contributed by atoms with Gasteiger partial charge in [0.2, 0.25) is 5.88 Å². The van der Waals surface area contributed by atoms with E-state index in [0.717, 1.165) is 6.26 Å². The lowest BCUT2D eigenvalue weighted by atomic mass is 10.0. The maximum Gasteiger partial charge on any atom is 0.414 e. The van der Waals surface area contributed by atoms with Crippen LogP contribution in [0.15, 0.2) is 35.7 Å². The highest BCUT2D eigenvalue weighted by Crippen LogP contribution is 2.30. The molecule has 0 bridgehead atoms. The fourth-order valence-corrected chi connectivity index (χ4v) is 4.14. The highest BCUT2D eigenvalue weighted by atomic mass is 32.2. The Morgan fingerprint density at radius 1 is 1.24 bits per heavy atom. The van der Waals surface area contributed by atoms with Crippen molar-refractivity contribution in [3.8, 4) is 5.88 Å². The number of ether oxygens (including phenoxy) is 3. The second-order valence-corrected chi connectivity index (χ2v) is 9.92. The third-order valence-corrected chi connectivity index (χ3v) is 6.05. The zero-order valence-electron chi connectivity index (χ0n) is 19.3. The molecule has 33 heavy (non-hydrogen) atoms. The Kier molecular flexibility index (Phi) is 7.69. The van der Waals surface area contributed by atoms with Crippen molar-refractivity contribution in [3.05, 3.63) is 36.4 Å². The van der Waals surface area contributed by atoms with E-state index in [2.05, 4.69) is 20.3 Å². The zero-order valence-corrected chi connectivity index (χ0v) is 20.1. The Morgan fingerprint density at radius 2 is 2.00 bits per heavy atom. The normalized spacial score (nSPS) is 21.0. The van der Waals surface area contributed by atoms with Crippen LogP contribution in [0.3, 0.4) is 0 Å². The predicted octanol–water partition coefficient (Wildman–Crippen LogP) is 2.38. The highest BCUT2D eigenvalue weighted by molar-refractivity contribution is 7.90. The Hall–Kier alpha value is -2.99. The Balaban J connectivity index is 1.95. The van der Waals surface area contributed by atoms with Crippen molar-refractivity contribution in [2.24, 2.45) is 0 Å². The molecule has 1 N–H and O–H groups in total. The quantitative estimate of drug-likeness (QED) is 0.631. The summed E-state index contributed by atoms with van der Waals surface area (Å²) in [5.41, 5.74) is 1.02. The number of rotatable bonds is 7. The number of hydrogen-bond donors (Lipinski definition) is 1. The molecule has 1 amide bonds. The minimum absolute atomic E-state index is 0.0291. The Morgan fingerprint density at radius 3 is 2.58 bits per heavy atom. The number of anilines is 1. The third-order valence-electron chi connectivity index (χ3n) is 5.07. The third kappa shape index (κ3) is 6.08. The average molecular weight is 480 g/mol. The summed E-state index contributed by atoms with van der Waals surface area (Å²) in [5.74, 6) is 0.322. The summed E-state index contributed by atoms with van der Waals surface area (Å²) < 4.78 is 40.9. The molecule has 1 saturated heterocycles. The maximum atomic E-state index is 13.1. The number of aryl methyl sites for hydroxylation is 1. The Bertz CT molecular complexity index is 1070. The molecule has 1 fully saturated rings. The van der Waals surface area contributed by atoms with E-state index in [4.69, 9.17) is 14.2 Å². The van der Waals surface area contributed by atoms with Crippen LogP contribution in [0.5, 0.6) is 5.88 Å². The molecular weight excluding hydrogens is 450 g/mol. The summed E-state index contributed by atoms with van der Waals surface area (Å²) in [4.78, 5) is 26.8. The average Bonchev–Trinajstić information content (AvgIpc) is 2.74. The van der Waals surface area contributed by atoms with Crippen molar-refractivity contribution in [1.29, 1.82) is 0 Å². The van der Waals surface area contributed by atoms with Gasteiger partial charge in [-0.1, -0.05) is 0 Å². The van der Waals surface area contributed by atoms with E-state index in [0.29, 0.717) is 30.1 Å². The van der Waals surface area contributed by atoms with Crippen molar-refractivity contribution in [3.63, 3.8) is 0 Å². The molecular formula is C21H29N5O6S. The first-order chi connectivity index (χ1) is 15.6. The number of nitrogens with one attached hydrogen (secondary N) is 1. The summed E-state index contributed by atoms with van der Waals surface area (Å²) in [6.45, 7) is 5.21. The number of pyridine rings is 1. The molecule has 0 aromatic carbocycles. The van der Waals surface area contributed by atoms with Crippen LogP contribution < -0.4 is 10.1 Å². The van der Waals surface area contributed by atoms with Crippen molar-refractivity contribution in [2.45, 2.75) is 63.2 Å². The van der Waals surface area contributed by atoms with Gasteiger partial charge in [-0.2, -0.15) is 0 Å². The number of piperidine rings is 1. The second-order valence-electron chi connectivity index (χ2n) is 7.96. The first-order valence-electron chi connectivity index (χ1n) is 10.5. The van der Waals surface area contributed by atoms with Crippen molar-refractivity contribution < 1.29 is 27.4 Å². The van der Waals surface area contributed by atoms with Crippen molar-refractivity contribution in [1.82, 2.24) is 19.9 Å². The van der Waals surface area contributed by atoms with Gasteiger partial charge in [-0.25, -0.2) is 33.1 Å². The van der Waals surface area contributed by atoms with Gasteiger partial charge >= 0.3 is 6.09 Å². The van der Waals surface area contributed by atoms with E-state index in [1.165, 1.54) is 17.3 Å². The number of sulfone groups is 1. The van der Waals surface area contributed by atoms with Gasteiger partial charge in [0.1, 0.15) is 12.5 Å². The summed E-state index contributed by atoms with van der Waals surface area (Å²) in [6, 6.07) is 4.64. The zero-order chi connectivity index (χ0) is 24.2. The van der Waals surface area contributed by atoms with Crippen LogP contribution in [0.2, 0.25) is 0 Å². The van der Waals surface area contributed by atoms with Gasteiger partial charge in [-0.3, -0.25) is 0 Å². The fourth-order valence-electron chi connectivity index (χ4n) is 3.52. The van der Waals surface area contributed by atoms with E-state index >= 15 is 0 Å². The van der Waals surface area contributed by atoms with E-state index in [9.17, 15) is 13.2 Å². The highest BCUT2D eigenvalue weighted by Gasteiger charge is 2.43. The molecule has 3 heterocycles. The SMILES string of the molecule is COC1CCC(Oc2ccncn2)N(C(=O)OC(C)C)C1Nc1ccc(S(C)(=O)=O)nc1C. The number of amides is 1. The number of carbonyl (C=O) groups excluding carboxylic acids is 1. The summed E-state index contributed by atoms with van der Waals surface area (Å²) in [6.07, 6.45) is 2.41. The van der Waals surface area contributed by atoms with E-state index in [-0.39, 0.29) is 17.2 Å². The molecule has 12 heteroatoms. The van der Waals surface area contributed by atoms with Crippen molar-refractivity contribution in [2.75, 3.05) is 18.7 Å². The molecule has 3 unspecified atom stereocenters. The van der Waals surface area contributed by atoms with Crippen molar-refractivity contribution >= 4 is 21.6 Å². The lowest BCUT2D eigenvalue weighted by Crippen LogP contribution is -2.61. The number of carbonyl (C=O) groups is 1. The molecule has 0 saturated carbocycles. The largest absolute Gasteiger partial charge is 0.453 e. The number of likely N-dealkylation sites (tertiary alicyclic amines) is 1. The van der Waals surface area contributed by atoms with Gasteiger partial charge in [0.25, 0.3) is 0 Å². The summed E-state index contributed by atoms with van der Waals surface area (Å²) in [7, 11) is -1.89. The van der Waals surface area contributed by atoms with Crippen LogP contribution in [0.4, 0.5) is 10.5 Å². The second kappa shape index (κ2) is 10.3. The lowest BCUT2D eigenvalue weighted by molar-refractivity contribution is -0.0885. The van der Waals surface area contributed by atoms with Crippen LogP contribution in [-0.2, 0) is 19.3 Å².